The van der Waals surface area contributed by atoms with Crippen molar-refractivity contribution in [3.63, 3.8) is 0 Å². The number of hydrogen-bond donors (Lipinski definition) is 2. The molecule has 2 N–H and O–H groups in total. The molecule has 2 aromatic carbocycles. The maximum Gasteiger partial charge on any atom is 0.416 e. The van der Waals surface area contributed by atoms with E-state index in [-0.39, 0.29) is 42.1 Å². The normalized spacial score (nSPS) is 15.4. The molecule has 1 fully saturated rings. The summed E-state index contributed by atoms with van der Waals surface area (Å²) >= 11 is 0. The smallest absolute Gasteiger partial charge is 0.416 e. The van der Waals surface area contributed by atoms with E-state index in [0.717, 1.165) is 30.3 Å². The van der Waals surface area contributed by atoms with Gasteiger partial charge in [-0.1, -0.05) is 32.0 Å². The minimum Gasteiger partial charge on any atom is -0.466 e. The van der Waals surface area contributed by atoms with Crippen LogP contribution in [0.25, 0.3) is 11.1 Å². The molecule has 1 amide bonds. The van der Waals surface area contributed by atoms with Gasteiger partial charge in [-0.2, -0.15) is 13.2 Å². The minimum atomic E-state index is -4.84. The Morgan fingerprint density at radius 2 is 1.66 bits per heavy atom. The zero-order valence-electron chi connectivity index (χ0n) is 29.1. The summed E-state index contributed by atoms with van der Waals surface area (Å²) in [5, 5.41) is 14.3. The van der Waals surface area contributed by atoms with E-state index >= 15 is 8.78 Å². The minimum absolute atomic E-state index is 0.0568. The maximum atomic E-state index is 16.7. The summed E-state index contributed by atoms with van der Waals surface area (Å²) in [4.78, 5) is 42.3. The highest BCUT2D eigenvalue weighted by molar-refractivity contribution is 5.83. The van der Waals surface area contributed by atoms with Crippen LogP contribution < -0.4 is 10.9 Å². The molecule has 1 saturated heterocycles. The molecule has 13 heteroatoms. The summed E-state index contributed by atoms with van der Waals surface area (Å²) < 4.78 is 80.8. The summed E-state index contributed by atoms with van der Waals surface area (Å²) in [7, 11) is 0. The van der Waals surface area contributed by atoms with Crippen molar-refractivity contribution in [2.24, 2.45) is 5.92 Å². The average molecular weight is 706 g/mol. The molecule has 2 heterocycles. The molecule has 1 unspecified atom stereocenters. The SMILES string of the molecule is CCOC(=O)C[C@](O)(NC(=O)C(CC(C)C)n1cc(CCN2CCC2)c(C(F)(F)F)cc1=O)c1c(F)c(C)cc(-c2c(C)cccc2C)c1F. The highest BCUT2D eigenvalue weighted by atomic mass is 19.4. The van der Waals surface area contributed by atoms with E-state index in [1.165, 1.54) is 19.9 Å². The summed E-state index contributed by atoms with van der Waals surface area (Å²) in [5.74, 6) is -5.02. The number of halogens is 5. The molecule has 3 aromatic rings. The molecule has 2 atom stereocenters. The van der Waals surface area contributed by atoms with Gasteiger partial charge in [0.25, 0.3) is 5.56 Å². The fraction of sp³-hybridized carbons (Fsp3) is 0.486. The van der Waals surface area contributed by atoms with E-state index in [0.29, 0.717) is 29.3 Å². The largest absolute Gasteiger partial charge is 0.466 e. The van der Waals surface area contributed by atoms with Crippen molar-refractivity contribution < 1.29 is 41.4 Å². The van der Waals surface area contributed by atoms with E-state index in [1.807, 2.05) is 4.90 Å². The number of aromatic nitrogens is 1. The van der Waals surface area contributed by atoms with Crippen LogP contribution in [0.1, 0.15) is 79.5 Å². The summed E-state index contributed by atoms with van der Waals surface area (Å²) in [5.41, 5.74) is -5.01. The number of likely N-dealkylation sites (tertiary alicyclic amines) is 1. The number of aryl methyl sites for hydroxylation is 3. The number of alkyl halides is 3. The predicted molar refractivity (Wildman–Crippen MR) is 178 cm³/mol. The van der Waals surface area contributed by atoms with Crippen molar-refractivity contribution in [1.29, 1.82) is 0 Å². The lowest BCUT2D eigenvalue weighted by Crippen LogP contribution is -2.52. The van der Waals surface area contributed by atoms with Crippen LogP contribution in [0, 0.1) is 38.3 Å². The number of carbonyl (C=O) groups is 2. The molecule has 0 bridgehead atoms. The van der Waals surface area contributed by atoms with Crippen LogP contribution in [-0.4, -0.2) is 52.7 Å². The first-order valence-corrected chi connectivity index (χ1v) is 16.7. The Labute approximate surface area is 288 Å². The monoisotopic (exact) mass is 705 g/mol. The third-order valence-electron chi connectivity index (χ3n) is 9.03. The lowest BCUT2D eigenvalue weighted by atomic mass is 9.88. The molecule has 0 spiro atoms. The number of benzene rings is 2. The maximum absolute atomic E-state index is 16.7. The van der Waals surface area contributed by atoms with Crippen LogP contribution in [0.2, 0.25) is 0 Å². The molecule has 50 heavy (non-hydrogen) atoms. The predicted octanol–water partition coefficient (Wildman–Crippen LogP) is 6.49. The van der Waals surface area contributed by atoms with Crippen LogP contribution in [-0.2, 0) is 32.6 Å². The molecular weight excluding hydrogens is 661 g/mol. The fourth-order valence-electron chi connectivity index (χ4n) is 6.43. The molecule has 1 aliphatic rings. The third kappa shape index (κ3) is 8.43. The van der Waals surface area contributed by atoms with Crippen LogP contribution in [0.15, 0.2) is 41.3 Å². The van der Waals surface area contributed by atoms with Crippen molar-refractivity contribution in [1.82, 2.24) is 14.8 Å². The fourth-order valence-corrected chi connectivity index (χ4v) is 6.43. The van der Waals surface area contributed by atoms with Crippen molar-refractivity contribution in [2.45, 2.75) is 85.2 Å². The molecular formula is C37H44F5N3O5. The highest BCUT2D eigenvalue weighted by Gasteiger charge is 2.43. The van der Waals surface area contributed by atoms with E-state index in [4.69, 9.17) is 4.74 Å². The quantitative estimate of drug-likeness (QED) is 0.120. The number of esters is 1. The second kappa shape index (κ2) is 15.4. The van der Waals surface area contributed by atoms with Crippen LogP contribution in [0.5, 0.6) is 0 Å². The Morgan fingerprint density at radius 1 is 1.02 bits per heavy atom. The van der Waals surface area contributed by atoms with Gasteiger partial charge in [-0.15, -0.1) is 0 Å². The summed E-state index contributed by atoms with van der Waals surface area (Å²) in [6.07, 6.45) is -4.21. The molecule has 0 radical (unpaired) electrons. The third-order valence-corrected chi connectivity index (χ3v) is 9.03. The zero-order chi connectivity index (χ0) is 37.1. The number of rotatable bonds is 13. The summed E-state index contributed by atoms with van der Waals surface area (Å²) in [6, 6.07) is 5.38. The molecule has 1 aliphatic heterocycles. The van der Waals surface area contributed by atoms with Crippen LogP contribution >= 0.6 is 0 Å². The van der Waals surface area contributed by atoms with Gasteiger partial charge in [0.15, 0.2) is 5.72 Å². The van der Waals surface area contributed by atoms with Gasteiger partial charge in [0, 0.05) is 24.4 Å². The number of nitrogens with zero attached hydrogens (tertiary/aromatic N) is 2. The Kier molecular flexibility index (Phi) is 11.9. The zero-order valence-corrected chi connectivity index (χ0v) is 29.1. The van der Waals surface area contributed by atoms with E-state index in [9.17, 15) is 32.7 Å². The number of pyridine rings is 1. The first-order chi connectivity index (χ1) is 23.4. The molecule has 1 aromatic heterocycles. The Bertz CT molecular complexity index is 1780. The van der Waals surface area contributed by atoms with Gasteiger partial charge >= 0.3 is 12.1 Å². The van der Waals surface area contributed by atoms with Crippen molar-refractivity contribution >= 4 is 11.9 Å². The van der Waals surface area contributed by atoms with Crippen LogP contribution in [0.3, 0.4) is 0 Å². The number of ether oxygens (including phenoxy) is 1. The van der Waals surface area contributed by atoms with Gasteiger partial charge in [0.1, 0.15) is 17.7 Å². The highest BCUT2D eigenvalue weighted by Crippen LogP contribution is 2.39. The molecule has 8 nitrogen and oxygen atoms in total. The van der Waals surface area contributed by atoms with Gasteiger partial charge in [-0.25, -0.2) is 8.78 Å². The van der Waals surface area contributed by atoms with Crippen molar-refractivity contribution in [3.8, 4) is 11.1 Å². The number of amides is 1. The van der Waals surface area contributed by atoms with Gasteiger partial charge in [0.05, 0.1) is 24.2 Å². The van der Waals surface area contributed by atoms with Crippen molar-refractivity contribution in [3.05, 3.63) is 91.9 Å². The Hall–Kier alpha value is -4.10. The first-order valence-electron chi connectivity index (χ1n) is 16.7. The number of aliphatic hydroxyl groups is 1. The number of carbonyl (C=O) groups excluding carboxylic acids is 2. The number of nitrogens with one attached hydrogen (secondary N) is 1. The molecule has 272 valence electrons. The second-order valence-corrected chi connectivity index (χ2v) is 13.4. The first kappa shape index (κ1) is 38.7. The molecule has 4 rings (SSSR count). The average Bonchev–Trinajstić information content (AvgIpc) is 2.97. The number of hydrogen-bond acceptors (Lipinski definition) is 6. The topological polar surface area (TPSA) is 101 Å². The molecule has 0 aliphatic carbocycles. The van der Waals surface area contributed by atoms with Gasteiger partial charge in [0.2, 0.25) is 5.91 Å². The van der Waals surface area contributed by atoms with Crippen LogP contribution in [0.4, 0.5) is 22.0 Å². The second-order valence-electron chi connectivity index (χ2n) is 13.4. The lowest BCUT2D eigenvalue weighted by molar-refractivity contribution is -0.153. The van der Waals surface area contributed by atoms with Gasteiger partial charge in [-0.05, 0) is 99.8 Å². The van der Waals surface area contributed by atoms with E-state index < -0.39 is 64.6 Å². The lowest BCUT2D eigenvalue weighted by Gasteiger charge is -2.33. The van der Waals surface area contributed by atoms with Crippen molar-refractivity contribution in [2.75, 3.05) is 26.2 Å². The Morgan fingerprint density at radius 3 is 2.20 bits per heavy atom. The summed E-state index contributed by atoms with van der Waals surface area (Å²) in [6.45, 7) is 11.3. The van der Waals surface area contributed by atoms with E-state index in [1.54, 1.807) is 45.9 Å². The Balaban J connectivity index is 1.88. The molecule has 0 saturated carbocycles. The van der Waals surface area contributed by atoms with Gasteiger partial charge < -0.3 is 24.6 Å². The van der Waals surface area contributed by atoms with E-state index in [2.05, 4.69) is 5.32 Å². The standard InChI is InChI=1S/C37H44F5N3O5/c1-7-50-30(47)19-36(49,32-33(38)24(6)17-26(34(32)39)31-22(4)10-8-11-23(31)5)43-35(48)28(16-21(2)3)45-20-25(12-15-44-13-9-14-44)27(18-29(45)46)37(40,41)42/h8,10-11,17-18,20-21,28,49H,7,9,12-16,19H2,1-6H3,(H,43,48)/t28?,36-/m1/s1. The van der Waals surface area contributed by atoms with Gasteiger partial charge in [-0.3, -0.25) is 14.4 Å².